The summed E-state index contributed by atoms with van der Waals surface area (Å²) in [4.78, 5) is 4.00. The fraction of sp³-hybridized carbons (Fsp3) is 1.00. The van der Waals surface area contributed by atoms with Gasteiger partial charge in [-0.1, -0.05) is 0 Å². The summed E-state index contributed by atoms with van der Waals surface area (Å²) >= 11 is 0. The summed E-state index contributed by atoms with van der Waals surface area (Å²) in [7, 11) is 12.0. The Bertz CT molecular complexity index is 48.0. The maximum absolute atomic E-state index is 2.00. The van der Waals surface area contributed by atoms with Gasteiger partial charge in [0.25, 0.3) is 0 Å². The molecule has 0 saturated carbocycles. The first kappa shape index (κ1) is 8.05. The predicted octanol–water partition coefficient (Wildman–Crippen LogP) is -0.737. The van der Waals surface area contributed by atoms with Crippen molar-refractivity contribution >= 4 is 14.6 Å². The second-order valence-electron chi connectivity index (χ2n) is 2.23. The Morgan fingerprint density at radius 1 is 0.750 bits per heavy atom. The van der Waals surface area contributed by atoms with Gasteiger partial charge in [0.15, 0.2) is 14.6 Å². The van der Waals surface area contributed by atoms with E-state index in [4.69, 9.17) is 0 Å². The van der Waals surface area contributed by atoms with Crippen molar-refractivity contribution in [2.75, 3.05) is 28.2 Å². The highest BCUT2D eigenvalue weighted by atomic mass is 15.0. The molecule has 2 radical (unpaired) electrons. The van der Waals surface area contributed by atoms with Gasteiger partial charge < -0.3 is 9.62 Å². The lowest BCUT2D eigenvalue weighted by atomic mass is 9.54. The third-order valence-electron chi connectivity index (χ3n) is 0.663. The van der Waals surface area contributed by atoms with E-state index in [2.05, 4.69) is 0 Å². The number of hydrogen-bond donors (Lipinski definition) is 0. The zero-order valence-electron chi connectivity index (χ0n) is 6.05. The Kier molecular flexibility index (Phi) is 4.01. The minimum Gasteiger partial charge on any atom is -0.359 e. The quantitative estimate of drug-likeness (QED) is 0.441. The third-order valence-corrected chi connectivity index (χ3v) is 0.663. The van der Waals surface area contributed by atoms with Gasteiger partial charge in [-0.25, -0.2) is 0 Å². The average Bonchev–Trinajstić information content (AvgIpc) is 1.61. The van der Waals surface area contributed by atoms with Gasteiger partial charge in [-0.3, -0.25) is 0 Å². The van der Waals surface area contributed by atoms with E-state index in [0.29, 0.717) is 0 Å². The highest BCUT2D eigenvalue weighted by Gasteiger charge is 1.96. The molecular weight excluding hydrogens is 97.7 g/mol. The van der Waals surface area contributed by atoms with E-state index in [1.807, 2.05) is 52.4 Å². The van der Waals surface area contributed by atoms with E-state index in [1.165, 1.54) is 0 Å². The standard InChI is InChI=1S/C4H12B2N2/c1-7(2)5-6-8(3)4/h1-4H3. The van der Waals surface area contributed by atoms with Crippen molar-refractivity contribution in [3.63, 3.8) is 0 Å². The Hall–Kier alpha value is 0.0499. The Balaban J connectivity index is 2.93. The molecule has 0 spiro atoms. The SMILES string of the molecule is CN(C)[B][B]N(C)C. The lowest BCUT2D eigenvalue weighted by Crippen LogP contribution is -2.32. The zero-order chi connectivity index (χ0) is 6.57. The molecule has 0 aromatic carbocycles. The fourth-order valence-corrected chi connectivity index (χ4v) is 0.267. The van der Waals surface area contributed by atoms with Crippen LogP contribution in [0.4, 0.5) is 0 Å². The number of nitrogens with zero attached hydrogens (tertiary/aromatic N) is 2. The van der Waals surface area contributed by atoms with Gasteiger partial charge in [0.1, 0.15) is 0 Å². The van der Waals surface area contributed by atoms with Crippen LogP contribution < -0.4 is 0 Å². The van der Waals surface area contributed by atoms with E-state index in [0.717, 1.165) is 0 Å². The first-order valence-corrected chi connectivity index (χ1v) is 2.64. The van der Waals surface area contributed by atoms with Crippen molar-refractivity contribution in [2.24, 2.45) is 0 Å². The van der Waals surface area contributed by atoms with Crippen molar-refractivity contribution in [3.8, 4) is 0 Å². The molecule has 0 aliphatic rings. The van der Waals surface area contributed by atoms with Crippen LogP contribution in [0.1, 0.15) is 0 Å². The van der Waals surface area contributed by atoms with Crippen LogP contribution in [0.15, 0.2) is 0 Å². The topological polar surface area (TPSA) is 6.48 Å². The molecule has 0 aromatic rings. The van der Waals surface area contributed by atoms with E-state index >= 15 is 0 Å². The fourth-order valence-electron chi connectivity index (χ4n) is 0.267. The van der Waals surface area contributed by atoms with Crippen LogP contribution in [0.25, 0.3) is 0 Å². The Morgan fingerprint density at radius 3 is 1.12 bits per heavy atom. The lowest BCUT2D eigenvalue weighted by Gasteiger charge is -2.10. The second kappa shape index (κ2) is 3.98. The number of hydrogen-bond acceptors (Lipinski definition) is 2. The molecule has 0 amide bonds. The van der Waals surface area contributed by atoms with E-state index in [1.54, 1.807) is 0 Å². The van der Waals surface area contributed by atoms with Gasteiger partial charge in [-0.05, 0) is 28.2 Å². The van der Waals surface area contributed by atoms with Gasteiger partial charge >= 0.3 is 0 Å². The molecule has 0 saturated heterocycles. The predicted molar refractivity (Wildman–Crippen MR) is 38.9 cm³/mol. The van der Waals surface area contributed by atoms with Gasteiger partial charge in [-0.15, -0.1) is 0 Å². The van der Waals surface area contributed by atoms with Crippen LogP contribution >= 0.6 is 0 Å². The number of rotatable bonds is 3. The molecular formula is C4H12B2N2. The molecule has 8 heavy (non-hydrogen) atoms. The molecule has 0 unspecified atom stereocenters. The molecule has 0 aromatic heterocycles. The molecule has 0 atom stereocenters. The minimum atomic E-state index is 2.00. The van der Waals surface area contributed by atoms with E-state index < -0.39 is 0 Å². The van der Waals surface area contributed by atoms with Gasteiger partial charge in [0.05, 0.1) is 0 Å². The lowest BCUT2D eigenvalue weighted by molar-refractivity contribution is 0.647. The molecule has 0 rings (SSSR count). The Labute approximate surface area is 53.4 Å². The van der Waals surface area contributed by atoms with Gasteiger partial charge in [-0.2, -0.15) is 0 Å². The van der Waals surface area contributed by atoms with Crippen molar-refractivity contribution < 1.29 is 0 Å². The first-order chi connectivity index (χ1) is 3.63. The average molecular weight is 110 g/mol. The first-order valence-electron chi connectivity index (χ1n) is 2.64. The summed E-state index contributed by atoms with van der Waals surface area (Å²) in [5, 5.41) is 0. The highest BCUT2D eigenvalue weighted by molar-refractivity contribution is 6.97. The van der Waals surface area contributed by atoms with E-state index in [-0.39, 0.29) is 0 Å². The van der Waals surface area contributed by atoms with Gasteiger partial charge in [0, 0.05) is 0 Å². The monoisotopic (exact) mass is 110 g/mol. The maximum atomic E-state index is 2.00. The normalized spacial score (nSPS) is 10.2. The van der Waals surface area contributed by atoms with Crippen LogP contribution in [-0.2, 0) is 0 Å². The van der Waals surface area contributed by atoms with Crippen molar-refractivity contribution in [1.29, 1.82) is 0 Å². The molecule has 0 aliphatic carbocycles. The minimum absolute atomic E-state index is 2.00. The molecule has 0 aliphatic heterocycles. The van der Waals surface area contributed by atoms with Crippen LogP contribution in [0.5, 0.6) is 0 Å². The van der Waals surface area contributed by atoms with Crippen LogP contribution in [-0.4, -0.2) is 52.4 Å². The van der Waals surface area contributed by atoms with E-state index in [9.17, 15) is 0 Å². The maximum Gasteiger partial charge on any atom is 0.181 e. The van der Waals surface area contributed by atoms with Crippen LogP contribution in [0.3, 0.4) is 0 Å². The summed E-state index contributed by atoms with van der Waals surface area (Å²) < 4.78 is 0. The molecule has 0 heterocycles. The van der Waals surface area contributed by atoms with Crippen molar-refractivity contribution in [2.45, 2.75) is 0 Å². The summed E-state index contributed by atoms with van der Waals surface area (Å²) in [6.07, 6.45) is 0. The smallest absolute Gasteiger partial charge is 0.181 e. The third kappa shape index (κ3) is 6.05. The summed E-state index contributed by atoms with van der Waals surface area (Å²) in [5.41, 5.74) is 0. The summed E-state index contributed by atoms with van der Waals surface area (Å²) in [6.45, 7) is 0. The molecule has 0 fully saturated rings. The van der Waals surface area contributed by atoms with Crippen LogP contribution in [0.2, 0.25) is 0 Å². The largest absolute Gasteiger partial charge is 0.359 e. The van der Waals surface area contributed by atoms with Crippen LogP contribution in [0, 0.1) is 0 Å². The van der Waals surface area contributed by atoms with Gasteiger partial charge in [0.2, 0.25) is 0 Å². The molecule has 44 valence electrons. The molecule has 2 nitrogen and oxygen atoms in total. The zero-order valence-corrected chi connectivity index (χ0v) is 6.05. The summed E-state index contributed by atoms with van der Waals surface area (Å²) in [5.74, 6) is 0. The van der Waals surface area contributed by atoms with Crippen molar-refractivity contribution in [1.82, 2.24) is 9.62 Å². The molecule has 0 bridgehead atoms. The van der Waals surface area contributed by atoms with Crippen molar-refractivity contribution in [3.05, 3.63) is 0 Å². The summed E-state index contributed by atoms with van der Waals surface area (Å²) in [6, 6.07) is 0. The Morgan fingerprint density at radius 2 is 1.00 bits per heavy atom. The molecule has 0 N–H and O–H groups in total. The highest BCUT2D eigenvalue weighted by Crippen LogP contribution is 1.69. The second-order valence-corrected chi connectivity index (χ2v) is 2.23. The molecule has 4 heteroatoms.